The summed E-state index contributed by atoms with van der Waals surface area (Å²) in [5.74, 6) is -4.60. The van der Waals surface area contributed by atoms with Gasteiger partial charge in [0.25, 0.3) is 0 Å². The highest BCUT2D eigenvalue weighted by atomic mass is 32.1. The van der Waals surface area contributed by atoms with Crippen LogP contribution >= 0.6 is 12.6 Å². The minimum atomic E-state index is -1.22. The van der Waals surface area contributed by atoms with Crippen molar-refractivity contribution in [2.75, 3.05) is 25.4 Å². The molecule has 180 valence electrons. The highest BCUT2D eigenvalue weighted by Crippen LogP contribution is 1.97. The first-order chi connectivity index (χ1) is 14.5. The van der Waals surface area contributed by atoms with Gasteiger partial charge in [0.15, 0.2) is 0 Å². The van der Waals surface area contributed by atoms with Gasteiger partial charge in [-0.2, -0.15) is 12.6 Å². The van der Waals surface area contributed by atoms with Gasteiger partial charge in [0.1, 0.15) is 24.7 Å². The van der Waals surface area contributed by atoms with E-state index in [4.69, 9.17) is 26.2 Å². The van der Waals surface area contributed by atoms with E-state index in [1.807, 2.05) is 6.92 Å². The lowest BCUT2D eigenvalue weighted by Gasteiger charge is -2.16. The number of nitrogens with one attached hydrogen (secondary N) is 3. The lowest BCUT2D eigenvalue weighted by molar-refractivity contribution is -0.140. The molecule has 14 heteroatoms. The average Bonchev–Trinajstić information content (AvgIpc) is 2.71. The molecule has 0 aromatic carbocycles. The van der Waals surface area contributed by atoms with Crippen molar-refractivity contribution in [2.45, 2.75) is 50.7 Å². The zero-order chi connectivity index (χ0) is 24.4. The second-order valence-electron chi connectivity index (χ2n) is 6.25. The van der Waals surface area contributed by atoms with Gasteiger partial charge in [-0.05, 0) is 25.8 Å². The third-order valence-corrected chi connectivity index (χ3v) is 3.97. The molecular weight excluding hydrogens is 436 g/mol. The van der Waals surface area contributed by atoms with Gasteiger partial charge in [-0.3, -0.25) is 24.0 Å². The molecule has 9 N–H and O–H groups in total. The average molecular weight is 469 g/mol. The van der Waals surface area contributed by atoms with Crippen LogP contribution in [-0.4, -0.2) is 93.7 Å². The number of carboxylic acids is 3. The van der Waals surface area contributed by atoms with Crippen molar-refractivity contribution in [3.8, 4) is 0 Å². The summed E-state index contributed by atoms with van der Waals surface area (Å²) in [6.07, 6.45) is 0.936. The van der Waals surface area contributed by atoms with Crippen LogP contribution in [0.5, 0.6) is 0 Å². The summed E-state index contributed by atoms with van der Waals surface area (Å²) in [7, 11) is 0. The van der Waals surface area contributed by atoms with Crippen LogP contribution in [0.4, 0.5) is 0 Å². The van der Waals surface area contributed by atoms with E-state index < -0.39 is 54.4 Å². The Bertz CT molecular complexity index is 592. The van der Waals surface area contributed by atoms with Crippen LogP contribution in [0.15, 0.2) is 0 Å². The summed E-state index contributed by atoms with van der Waals surface area (Å²) < 4.78 is 0. The fourth-order valence-corrected chi connectivity index (χ4v) is 2.17. The second-order valence-corrected chi connectivity index (χ2v) is 6.62. The van der Waals surface area contributed by atoms with E-state index in [2.05, 4.69) is 28.6 Å². The minimum Gasteiger partial charge on any atom is -0.480 e. The normalized spacial score (nSPS) is 13.0. The maximum atomic E-state index is 11.5. The number of aliphatic carboxylic acids is 3. The quantitative estimate of drug-likeness (QED) is 0.115. The maximum absolute atomic E-state index is 11.5. The van der Waals surface area contributed by atoms with E-state index in [1.165, 1.54) is 0 Å². The summed E-state index contributed by atoms with van der Waals surface area (Å²) >= 11 is 3.87. The summed E-state index contributed by atoms with van der Waals surface area (Å²) in [4.78, 5) is 54.2. The Morgan fingerprint density at radius 3 is 2.03 bits per heavy atom. The van der Waals surface area contributed by atoms with Crippen LogP contribution in [0.1, 0.15) is 32.6 Å². The van der Waals surface area contributed by atoms with E-state index in [0.29, 0.717) is 6.54 Å². The summed E-state index contributed by atoms with van der Waals surface area (Å²) in [5, 5.41) is 41.2. The van der Waals surface area contributed by atoms with Gasteiger partial charge in [-0.1, -0.05) is 6.92 Å². The summed E-state index contributed by atoms with van der Waals surface area (Å²) in [5.41, 5.74) is 5.23. The van der Waals surface area contributed by atoms with Crippen LogP contribution < -0.4 is 21.7 Å². The van der Waals surface area contributed by atoms with Gasteiger partial charge >= 0.3 is 17.9 Å². The molecule has 0 aliphatic carbocycles. The molecule has 0 heterocycles. The summed E-state index contributed by atoms with van der Waals surface area (Å²) in [6, 6.07) is -2.75. The van der Waals surface area contributed by atoms with Crippen LogP contribution in [-0.2, 0) is 24.0 Å². The van der Waals surface area contributed by atoms with Crippen molar-refractivity contribution in [3.05, 3.63) is 0 Å². The van der Waals surface area contributed by atoms with Crippen LogP contribution in [0.25, 0.3) is 0 Å². The summed E-state index contributed by atoms with van der Waals surface area (Å²) in [6.45, 7) is 1.98. The number of carbonyl (C=O) groups is 5. The van der Waals surface area contributed by atoms with E-state index in [9.17, 15) is 24.0 Å². The van der Waals surface area contributed by atoms with Crippen LogP contribution in [0.2, 0.25) is 0 Å². The number of carboxylic acid groups (broad SMARTS) is 3. The molecule has 3 atom stereocenters. The number of thiol groups is 1. The third kappa shape index (κ3) is 17.0. The number of nitrogens with two attached hydrogens (primary N) is 1. The largest absolute Gasteiger partial charge is 0.480 e. The smallest absolute Gasteiger partial charge is 0.322 e. The first-order valence-electron chi connectivity index (χ1n) is 9.45. The fourth-order valence-electron chi connectivity index (χ4n) is 1.92. The number of hydrogen-bond donors (Lipinski definition) is 9. The highest BCUT2D eigenvalue weighted by Gasteiger charge is 2.21. The Morgan fingerprint density at radius 2 is 1.61 bits per heavy atom. The fraction of sp³-hybridized carbons (Fsp3) is 0.706. The van der Waals surface area contributed by atoms with Gasteiger partial charge in [0.05, 0.1) is 0 Å². The van der Waals surface area contributed by atoms with Gasteiger partial charge in [-0.15, -0.1) is 0 Å². The van der Waals surface area contributed by atoms with Crippen molar-refractivity contribution in [1.29, 1.82) is 0 Å². The first kappa shape index (κ1) is 30.8. The molecule has 0 aliphatic heterocycles. The highest BCUT2D eigenvalue weighted by molar-refractivity contribution is 7.80. The molecule has 0 saturated carbocycles. The molecule has 0 rings (SSSR count). The van der Waals surface area contributed by atoms with Crippen LogP contribution in [0, 0.1) is 0 Å². The number of rotatable bonds is 15. The molecule has 0 saturated heterocycles. The van der Waals surface area contributed by atoms with E-state index in [1.54, 1.807) is 0 Å². The van der Waals surface area contributed by atoms with Crippen molar-refractivity contribution in [3.63, 3.8) is 0 Å². The van der Waals surface area contributed by atoms with Gasteiger partial charge in [0.2, 0.25) is 11.8 Å². The lowest BCUT2D eigenvalue weighted by atomic mass is 10.1. The number of aliphatic hydroxyl groups is 1. The Morgan fingerprint density at radius 1 is 1.00 bits per heavy atom. The molecule has 2 amide bonds. The van der Waals surface area contributed by atoms with Crippen molar-refractivity contribution < 1.29 is 44.4 Å². The zero-order valence-electron chi connectivity index (χ0n) is 17.2. The van der Waals surface area contributed by atoms with Crippen molar-refractivity contribution in [2.24, 2.45) is 5.73 Å². The zero-order valence-corrected chi connectivity index (χ0v) is 18.1. The molecular formula is C17H32N4O9S. The number of aliphatic hydroxyl groups excluding tert-OH is 1. The predicted octanol–water partition coefficient (Wildman–Crippen LogP) is -2.38. The van der Waals surface area contributed by atoms with Gasteiger partial charge in [0, 0.05) is 18.8 Å². The van der Waals surface area contributed by atoms with Gasteiger partial charge < -0.3 is 42.1 Å². The van der Waals surface area contributed by atoms with Gasteiger partial charge in [-0.25, -0.2) is 0 Å². The first-order valence-corrected chi connectivity index (χ1v) is 10.1. The molecule has 0 radical (unpaired) electrons. The van der Waals surface area contributed by atoms with E-state index in [-0.39, 0.29) is 31.6 Å². The molecule has 0 spiro atoms. The van der Waals surface area contributed by atoms with E-state index in [0.717, 1.165) is 6.42 Å². The topological polar surface area (TPSA) is 228 Å². The molecule has 0 aromatic heterocycles. The Labute approximate surface area is 185 Å². The molecule has 13 nitrogen and oxygen atoms in total. The molecule has 0 aromatic rings. The predicted molar refractivity (Wildman–Crippen MR) is 113 cm³/mol. The lowest BCUT2D eigenvalue weighted by Crippen LogP contribution is -2.49. The monoisotopic (exact) mass is 468 g/mol. The molecule has 31 heavy (non-hydrogen) atoms. The maximum Gasteiger partial charge on any atom is 0.322 e. The van der Waals surface area contributed by atoms with E-state index >= 15 is 0 Å². The SMILES string of the molecule is CCCNC(CCO)C(=O)O.NC(CCC(=O)NC(CS)C(=O)NCC(=O)O)C(=O)O. The molecule has 0 aliphatic rings. The minimum absolute atomic E-state index is 0.0256. The Kier molecular flexibility index (Phi) is 18.2. The standard InChI is InChI=1S/C10H17N3O6S.C7H15NO3/c11-5(10(18)19)1-2-7(14)13-6(4-20)9(17)12-3-8(15)16;1-2-4-8-6(3-5-9)7(10)11/h5-6,20H,1-4,11H2,(H,12,17)(H,13,14)(H,15,16)(H,18,19);6,8-9H,2-5H2,1H3,(H,10,11). The third-order valence-electron chi connectivity index (χ3n) is 3.60. The Hall–Kier alpha value is -2.42. The Balaban J connectivity index is 0. The van der Waals surface area contributed by atoms with Crippen LogP contribution in [0.3, 0.4) is 0 Å². The van der Waals surface area contributed by atoms with Crippen molar-refractivity contribution >= 4 is 42.4 Å². The van der Waals surface area contributed by atoms with Crippen molar-refractivity contribution in [1.82, 2.24) is 16.0 Å². The molecule has 0 fully saturated rings. The number of amides is 2. The number of hydrogen-bond acceptors (Lipinski definition) is 9. The molecule has 3 unspecified atom stereocenters. The molecule has 0 bridgehead atoms. The number of carbonyl (C=O) groups excluding carboxylic acids is 2. The second kappa shape index (κ2) is 18.4.